The van der Waals surface area contributed by atoms with E-state index in [4.69, 9.17) is 0 Å². The van der Waals surface area contributed by atoms with E-state index < -0.39 is 0 Å². The Morgan fingerprint density at radius 3 is 1.79 bits per heavy atom. The molecule has 1 heteroatoms. The van der Waals surface area contributed by atoms with Crippen LogP contribution >= 0.6 is 0 Å². The van der Waals surface area contributed by atoms with Gasteiger partial charge in [-0.3, -0.25) is 4.99 Å². The average molecular weight is 197 g/mol. The fourth-order valence-electron chi connectivity index (χ4n) is 1.44. The lowest BCUT2D eigenvalue weighted by molar-refractivity contribution is 0.915. The van der Waals surface area contributed by atoms with Crippen molar-refractivity contribution < 1.29 is 0 Å². The zero-order chi connectivity index (χ0) is 11.6. The molecule has 0 aliphatic heterocycles. The number of rotatable bonds is 4. The molecule has 0 aliphatic carbocycles. The number of nitrogens with zero attached hydrogens (tertiary/aromatic N) is 1. The minimum absolute atomic E-state index is 1.05. The molecule has 0 atom stereocenters. The Balaban J connectivity index is 0. The Bertz CT molecular complexity index is 183. The number of hydrogen-bond acceptors (Lipinski definition) is 1. The van der Waals surface area contributed by atoms with E-state index in [0.29, 0.717) is 0 Å². The van der Waals surface area contributed by atoms with Crippen molar-refractivity contribution in [3.05, 3.63) is 11.1 Å². The van der Waals surface area contributed by atoms with Crippen molar-refractivity contribution in [2.75, 3.05) is 7.05 Å². The number of hydrogen-bond donors (Lipinski definition) is 0. The average Bonchev–Trinajstić information content (AvgIpc) is 2.21. The van der Waals surface area contributed by atoms with Gasteiger partial charge >= 0.3 is 0 Å². The molecular weight excluding hydrogens is 170 g/mol. The normalized spacial score (nSPS) is 10.4. The predicted molar refractivity (Wildman–Crippen MR) is 68.3 cm³/mol. The monoisotopic (exact) mass is 197 g/mol. The second-order valence-electron chi connectivity index (χ2n) is 3.25. The molecule has 1 nitrogen and oxygen atoms in total. The molecule has 0 rings (SSSR count). The molecule has 0 amide bonds. The van der Waals surface area contributed by atoms with Crippen molar-refractivity contribution in [3.63, 3.8) is 0 Å². The van der Waals surface area contributed by atoms with Crippen molar-refractivity contribution in [2.24, 2.45) is 4.99 Å². The quantitative estimate of drug-likeness (QED) is 0.583. The summed E-state index contributed by atoms with van der Waals surface area (Å²) in [6, 6.07) is 0. The van der Waals surface area contributed by atoms with Crippen LogP contribution in [0.5, 0.6) is 0 Å². The topological polar surface area (TPSA) is 12.4 Å². The van der Waals surface area contributed by atoms with Gasteiger partial charge in [0.25, 0.3) is 0 Å². The lowest BCUT2D eigenvalue weighted by Crippen LogP contribution is -2.03. The van der Waals surface area contributed by atoms with Crippen LogP contribution in [-0.4, -0.2) is 12.8 Å². The first kappa shape index (κ1) is 15.9. The highest BCUT2D eigenvalue weighted by molar-refractivity contribution is 6.00. The largest absolute Gasteiger partial charge is 0.293 e. The van der Waals surface area contributed by atoms with Crippen LogP contribution in [0, 0.1) is 0 Å². The van der Waals surface area contributed by atoms with Crippen LogP contribution in [0.2, 0.25) is 0 Å². The van der Waals surface area contributed by atoms with Gasteiger partial charge in [0.2, 0.25) is 0 Å². The molecule has 0 saturated carbocycles. The first-order valence-electron chi connectivity index (χ1n) is 5.79. The number of allylic oxidation sites excluding steroid dienone is 2. The van der Waals surface area contributed by atoms with Gasteiger partial charge in [0.15, 0.2) is 0 Å². The zero-order valence-electron chi connectivity index (χ0n) is 11.1. The van der Waals surface area contributed by atoms with Gasteiger partial charge < -0.3 is 0 Å². The van der Waals surface area contributed by atoms with Crippen LogP contribution in [0.1, 0.15) is 60.8 Å². The van der Waals surface area contributed by atoms with E-state index in [2.05, 4.69) is 32.7 Å². The van der Waals surface area contributed by atoms with Crippen LogP contribution < -0.4 is 0 Å². The minimum atomic E-state index is 1.05. The first-order valence-corrected chi connectivity index (χ1v) is 5.79. The molecule has 14 heavy (non-hydrogen) atoms. The van der Waals surface area contributed by atoms with Crippen LogP contribution in [0.3, 0.4) is 0 Å². The van der Waals surface area contributed by atoms with E-state index in [1.54, 1.807) is 0 Å². The summed E-state index contributed by atoms with van der Waals surface area (Å²) in [5, 5.41) is 0. The lowest BCUT2D eigenvalue weighted by Gasteiger charge is -2.09. The van der Waals surface area contributed by atoms with Crippen molar-refractivity contribution in [3.8, 4) is 0 Å². The highest BCUT2D eigenvalue weighted by Crippen LogP contribution is 2.14. The van der Waals surface area contributed by atoms with Gasteiger partial charge in [0.05, 0.1) is 0 Å². The van der Waals surface area contributed by atoms with Crippen molar-refractivity contribution in [1.29, 1.82) is 0 Å². The van der Waals surface area contributed by atoms with E-state index in [9.17, 15) is 0 Å². The maximum absolute atomic E-state index is 4.31. The molecule has 0 N–H and O–H groups in total. The molecule has 0 spiro atoms. The molecule has 0 aliphatic rings. The molecule has 0 saturated heterocycles. The fourth-order valence-corrected chi connectivity index (χ4v) is 1.44. The molecule has 0 heterocycles. The third-order valence-corrected chi connectivity index (χ3v) is 2.06. The second-order valence-corrected chi connectivity index (χ2v) is 3.25. The summed E-state index contributed by atoms with van der Waals surface area (Å²) < 4.78 is 0. The third-order valence-electron chi connectivity index (χ3n) is 2.06. The summed E-state index contributed by atoms with van der Waals surface area (Å²) in [6.07, 6.45) is 3.43. The Morgan fingerprint density at radius 1 is 1.07 bits per heavy atom. The van der Waals surface area contributed by atoms with Crippen LogP contribution in [0.25, 0.3) is 0 Å². The fraction of sp³-hybridized carbons (Fsp3) is 0.769. The van der Waals surface area contributed by atoms with E-state index >= 15 is 0 Å². The highest BCUT2D eigenvalue weighted by atomic mass is 14.7. The Labute approximate surface area is 90.3 Å². The Morgan fingerprint density at radius 2 is 1.57 bits per heavy atom. The van der Waals surface area contributed by atoms with Crippen molar-refractivity contribution >= 4 is 5.71 Å². The maximum Gasteiger partial charge on any atom is 0.0373 e. The molecule has 0 bridgehead atoms. The standard InChI is InChI=1S/C11H21N.C2H6/c1-6-8-10(9(3)4)11(7-2)12-5;1-2/h6-8H2,1-5H3;1-2H3. The minimum Gasteiger partial charge on any atom is -0.293 e. The van der Waals surface area contributed by atoms with E-state index in [-0.39, 0.29) is 0 Å². The molecular formula is C13H27N. The maximum atomic E-state index is 4.31. The van der Waals surface area contributed by atoms with Crippen molar-refractivity contribution in [2.45, 2.75) is 60.8 Å². The predicted octanol–water partition coefficient (Wildman–Crippen LogP) is 4.63. The molecule has 0 aromatic rings. The number of aliphatic imine (C=N–C) groups is 1. The Kier molecular flexibility index (Phi) is 11.9. The molecule has 0 aromatic heterocycles. The first-order chi connectivity index (χ1) is 6.67. The van der Waals surface area contributed by atoms with Crippen molar-refractivity contribution in [1.82, 2.24) is 0 Å². The van der Waals surface area contributed by atoms with E-state index in [1.165, 1.54) is 29.7 Å². The molecule has 0 aromatic carbocycles. The SMILES string of the molecule is CC.CCCC(C(CC)=NC)=C(C)C. The summed E-state index contributed by atoms with van der Waals surface area (Å²) in [7, 11) is 1.89. The van der Waals surface area contributed by atoms with Gasteiger partial charge in [0.1, 0.15) is 0 Å². The van der Waals surface area contributed by atoms with Gasteiger partial charge in [-0.05, 0) is 32.3 Å². The Hall–Kier alpha value is -0.590. The van der Waals surface area contributed by atoms with E-state index in [1.807, 2.05) is 20.9 Å². The smallest absolute Gasteiger partial charge is 0.0373 e. The van der Waals surface area contributed by atoms with Gasteiger partial charge in [-0.25, -0.2) is 0 Å². The van der Waals surface area contributed by atoms with E-state index in [0.717, 1.165) is 6.42 Å². The third kappa shape index (κ3) is 5.95. The van der Waals surface area contributed by atoms with Gasteiger partial charge in [-0.2, -0.15) is 0 Å². The van der Waals surface area contributed by atoms with Gasteiger partial charge in [-0.1, -0.05) is 39.7 Å². The summed E-state index contributed by atoms with van der Waals surface area (Å²) in [4.78, 5) is 4.31. The van der Waals surface area contributed by atoms with Crippen LogP contribution in [0.15, 0.2) is 16.1 Å². The lowest BCUT2D eigenvalue weighted by atomic mass is 9.99. The zero-order valence-corrected chi connectivity index (χ0v) is 11.1. The summed E-state index contributed by atoms with van der Waals surface area (Å²) in [5.41, 5.74) is 4.15. The summed E-state index contributed by atoms with van der Waals surface area (Å²) in [6.45, 7) is 12.7. The molecule has 0 fully saturated rings. The van der Waals surface area contributed by atoms with Crippen LogP contribution in [0.4, 0.5) is 0 Å². The molecule has 84 valence electrons. The summed E-state index contributed by atoms with van der Waals surface area (Å²) >= 11 is 0. The van der Waals surface area contributed by atoms with Gasteiger partial charge in [-0.15, -0.1) is 0 Å². The molecule has 0 unspecified atom stereocenters. The molecule has 0 radical (unpaired) electrons. The van der Waals surface area contributed by atoms with Crippen LogP contribution in [-0.2, 0) is 0 Å². The second kappa shape index (κ2) is 10.5. The van der Waals surface area contributed by atoms with Gasteiger partial charge in [0, 0.05) is 12.8 Å². The highest BCUT2D eigenvalue weighted by Gasteiger charge is 2.04. The summed E-state index contributed by atoms with van der Waals surface area (Å²) in [5.74, 6) is 0.